The molecule has 8 heteroatoms. The SMILES string of the molecule is COc1cc(NC(=O)c2nn(C)c3c2CCc2sccc2-3)cc(OC)c1OC. The number of carbonyl (C=O) groups is 1. The molecule has 28 heavy (non-hydrogen) atoms. The summed E-state index contributed by atoms with van der Waals surface area (Å²) in [6.45, 7) is 0. The second-order valence-electron chi connectivity index (χ2n) is 6.42. The van der Waals surface area contributed by atoms with Crippen molar-refractivity contribution >= 4 is 22.9 Å². The molecule has 2 heterocycles. The molecule has 4 rings (SSSR count). The first-order valence-electron chi connectivity index (χ1n) is 8.81. The van der Waals surface area contributed by atoms with E-state index in [9.17, 15) is 4.79 Å². The van der Waals surface area contributed by atoms with E-state index in [0.717, 1.165) is 24.1 Å². The van der Waals surface area contributed by atoms with Gasteiger partial charge in [0.25, 0.3) is 5.91 Å². The highest BCUT2D eigenvalue weighted by atomic mass is 32.1. The molecule has 1 amide bonds. The number of carbonyl (C=O) groups excluding carboxylic acids is 1. The van der Waals surface area contributed by atoms with E-state index in [1.807, 2.05) is 7.05 Å². The Bertz CT molecular complexity index is 1030. The van der Waals surface area contributed by atoms with Gasteiger partial charge < -0.3 is 19.5 Å². The first-order valence-corrected chi connectivity index (χ1v) is 9.69. The minimum absolute atomic E-state index is 0.259. The average Bonchev–Trinajstić information content (AvgIpc) is 3.31. The molecular weight excluding hydrogens is 378 g/mol. The molecule has 1 aliphatic rings. The highest BCUT2D eigenvalue weighted by Crippen LogP contribution is 2.41. The fourth-order valence-electron chi connectivity index (χ4n) is 3.65. The number of hydrogen-bond acceptors (Lipinski definition) is 6. The van der Waals surface area contributed by atoms with E-state index in [1.54, 1.807) is 28.2 Å². The number of ether oxygens (including phenoxy) is 3. The molecule has 1 aromatic carbocycles. The van der Waals surface area contributed by atoms with Crippen LogP contribution < -0.4 is 19.5 Å². The molecule has 7 nitrogen and oxygen atoms in total. The highest BCUT2D eigenvalue weighted by molar-refractivity contribution is 7.10. The number of aryl methyl sites for hydroxylation is 2. The summed E-state index contributed by atoms with van der Waals surface area (Å²) >= 11 is 1.75. The molecule has 0 atom stereocenters. The lowest BCUT2D eigenvalue weighted by Crippen LogP contribution is -2.16. The molecule has 0 radical (unpaired) electrons. The van der Waals surface area contributed by atoms with Crippen molar-refractivity contribution in [1.82, 2.24) is 9.78 Å². The van der Waals surface area contributed by atoms with E-state index in [2.05, 4.69) is 21.9 Å². The summed E-state index contributed by atoms with van der Waals surface area (Å²) in [4.78, 5) is 14.3. The molecule has 0 aliphatic heterocycles. The van der Waals surface area contributed by atoms with E-state index in [4.69, 9.17) is 14.2 Å². The second-order valence-corrected chi connectivity index (χ2v) is 7.43. The number of thiophene rings is 1. The van der Waals surface area contributed by atoms with Crippen molar-refractivity contribution in [3.8, 4) is 28.5 Å². The molecular formula is C20H21N3O4S. The molecule has 2 aromatic heterocycles. The van der Waals surface area contributed by atoms with Gasteiger partial charge in [-0.25, -0.2) is 0 Å². The molecule has 0 bridgehead atoms. The van der Waals surface area contributed by atoms with Crippen molar-refractivity contribution in [2.45, 2.75) is 12.8 Å². The van der Waals surface area contributed by atoms with Crippen LogP contribution in [0.25, 0.3) is 11.3 Å². The van der Waals surface area contributed by atoms with Crippen LogP contribution >= 0.6 is 11.3 Å². The van der Waals surface area contributed by atoms with Crippen LogP contribution in [0.4, 0.5) is 5.69 Å². The monoisotopic (exact) mass is 399 g/mol. The summed E-state index contributed by atoms with van der Waals surface area (Å²) in [6, 6.07) is 5.50. The van der Waals surface area contributed by atoms with Gasteiger partial charge in [-0.1, -0.05) is 0 Å². The Balaban J connectivity index is 1.69. The zero-order chi connectivity index (χ0) is 19.8. The topological polar surface area (TPSA) is 74.6 Å². The number of methoxy groups -OCH3 is 3. The molecule has 0 fully saturated rings. The summed E-state index contributed by atoms with van der Waals surface area (Å²) < 4.78 is 17.8. The average molecular weight is 399 g/mol. The molecule has 0 spiro atoms. The van der Waals surface area contributed by atoms with Crippen molar-refractivity contribution in [2.24, 2.45) is 7.05 Å². The lowest BCUT2D eigenvalue weighted by Gasteiger charge is -2.15. The maximum Gasteiger partial charge on any atom is 0.276 e. The van der Waals surface area contributed by atoms with Crippen LogP contribution in [0.5, 0.6) is 17.2 Å². The normalized spacial score (nSPS) is 12.1. The van der Waals surface area contributed by atoms with Crippen molar-refractivity contribution in [1.29, 1.82) is 0 Å². The van der Waals surface area contributed by atoms with Crippen LogP contribution in [-0.2, 0) is 19.9 Å². The first-order chi connectivity index (χ1) is 13.6. The number of benzene rings is 1. The molecule has 3 aromatic rings. The van der Waals surface area contributed by atoms with Crippen LogP contribution in [0.15, 0.2) is 23.6 Å². The van der Waals surface area contributed by atoms with Gasteiger partial charge in [0.05, 0.1) is 27.0 Å². The van der Waals surface area contributed by atoms with Gasteiger partial charge in [-0.05, 0) is 24.3 Å². The second kappa shape index (κ2) is 7.20. The Morgan fingerprint density at radius 3 is 2.50 bits per heavy atom. The van der Waals surface area contributed by atoms with Crippen molar-refractivity contribution in [3.63, 3.8) is 0 Å². The highest BCUT2D eigenvalue weighted by Gasteiger charge is 2.28. The molecule has 0 saturated carbocycles. The van der Waals surface area contributed by atoms with E-state index in [0.29, 0.717) is 28.6 Å². The van der Waals surface area contributed by atoms with Crippen LogP contribution in [-0.4, -0.2) is 37.0 Å². The molecule has 1 N–H and O–H groups in total. The van der Waals surface area contributed by atoms with Gasteiger partial charge in [0.2, 0.25) is 5.75 Å². The van der Waals surface area contributed by atoms with Crippen LogP contribution in [0, 0.1) is 0 Å². The smallest absolute Gasteiger partial charge is 0.276 e. The van der Waals surface area contributed by atoms with E-state index in [1.165, 1.54) is 31.8 Å². The van der Waals surface area contributed by atoms with Gasteiger partial charge in [0.15, 0.2) is 17.2 Å². The summed E-state index contributed by atoms with van der Waals surface area (Å²) in [5, 5.41) is 9.51. The predicted octanol–water partition coefficient (Wildman–Crippen LogP) is 3.53. The van der Waals surface area contributed by atoms with Crippen LogP contribution in [0.2, 0.25) is 0 Å². The predicted molar refractivity (Wildman–Crippen MR) is 108 cm³/mol. The summed E-state index contributed by atoms with van der Waals surface area (Å²) in [7, 11) is 6.49. The third-order valence-electron chi connectivity index (χ3n) is 4.89. The summed E-state index contributed by atoms with van der Waals surface area (Å²) in [5.41, 5.74) is 4.18. The van der Waals surface area contributed by atoms with Gasteiger partial charge in [-0.2, -0.15) is 5.10 Å². The lowest BCUT2D eigenvalue weighted by atomic mass is 9.94. The Morgan fingerprint density at radius 2 is 1.86 bits per heavy atom. The van der Waals surface area contributed by atoms with Gasteiger partial charge in [-0.3, -0.25) is 9.48 Å². The van der Waals surface area contributed by atoms with E-state index >= 15 is 0 Å². The van der Waals surface area contributed by atoms with Gasteiger partial charge >= 0.3 is 0 Å². The first kappa shape index (κ1) is 18.4. The number of rotatable bonds is 5. The van der Waals surface area contributed by atoms with Crippen molar-refractivity contribution < 1.29 is 19.0 Å². The van der Waals surface area contributed by atoms with Crippen molar-refractivity contribution in [3.05, 3.63) is 39.7 Å². The number of hydrogen-bond donors (Lipinski definition) is 1. The minimum Gasteiger partial charge on any atom is -0.493 e. The third kappa shape index (κ3) is 2.90. The standard InChI is InChI=1S/C20H21N3O4S/c1-23-18-12-7-8-28-16(12)6-5-13(18)17(22-23)20(24)21-11-9-14(25-2)19(27-4)15(10-11)26-3/h7-10H,5-6H2,1-4H3,(H,21,24). The van der Waals surface area contributed by atoms with E-state index < -0.39 is 0 Å². The Morgan fingerprint density at radius 1 is 1.14 bits per heavy atom. The number of nitrogens with one attached hydrogen (secondary N) is 1. The van der Waals surface area contributed by atoms with Gasteiger partial charge in [0.1, 0.15) is 0 Å². The molecule has 0 unspecified atom stereocenters. The Labute approximate surface area is 166 Å². The fourth-order valence-corrected chi connectivity index (χ4v) is 4.53. The Kier molecular flexibility index (Phi) is 4.72. The Hall–Kier alpha value is -3.00. The lowest BCUT2D eigenvalue weighted by molar-refractivity contribution is 0.102. The van der Waals surface area contributed by atoms with Gasteiger partial charge in [0, 0.05) is 40.9 Å². The number of nitrogens with zero attached hydrogens (tertiary/aromatic N) is 2. The number of amides is 1. The molecule has 146 valence electrons. The zero-order valence-corrected chi connectivity index (χ0v) is 17.0. The molecule has 0 saturated heterocycles. The number of anilines is 1. The third-order valence-corrected chi connectivity index (χ3v) is 5.87. The maximum atomic E-state index is 13.0. The van der Waals surface area contributed by atoms with Crippen molar-refractivity contribution in [2.75, 3.05) is 26.6 Å². The minimum atomic E-state index is -0.259. The summed E-state index contributed by atoms with van der Waals surface area (Å²) in [5.74, 6) is 1.17. The summed E-state index contributed by atoms with van der Waals surface area (Å²) in [6.07, 6.45) is 1.73. The van der Waals surface area contributed by atoms with E-state index in [-0.39, 0.29) is 5.91 Å². The largest absolute Gasteiger partial charge is 0.493 e. The maximum absolute atomic E-state index is 13.0. The fraction of sp³-hybridized carbons (Fsp3) is 0.300. The van der Waals surface area contributed by atoms with Gasteiger partial charge in [-0.15, -0.1) is 11.3 Å². The quantitative estimate of drug-likeness (QED) is 0.710. The number of fused-ring (bicyclic) bond motifs is 3. The molecule has 1 aliphatic carbocycles. The van der Waals surface area contributed by atoms with Crippen LogP contribution in [0.1, 0.15) is 20.9 Å². The zero-order valence-electron chi connectivity index (χ0n) is 16.2. The van der Waals surface area contributed by atoms with Crippen LogP contribution in [0.3, 0.4) is 0 Å². The number of aromatic nitrogens is 2.